The first-order valence-electron chi connectivity index (χ1n) is 10.6. The molecular formula is C23H29F2N5O3S. The highest BCUT2D eigenvalue weighted by atomic mass is 32.2. The molecule has 11 heteroatoms. The summed E-state index contributed by atoms with van der Waals surface area (Å²) in [5.74, 6) is -1.61. The van der Waals surface area contributed by atoms with Gasteiger partial charge in [0.2, 0.25) is 10.0 Å². The molecule has 34 heavy (non-hydrogen) atoms. The third kappa shape index (κ3) is 6.66. The Hall–Kier alpha value is -2.73. The van der Waals surface area contributed by atoms with Crippen LogP contribution in [0, 0.1) is 11.6 Å². The van der Waals surface area contributed by atoms with Gasteiger partial charge in [-0.2, -0.15) is 5.10 Å². The number of nitrogens with zero attached hydrogens (tertiary/aromatic N) is 4. The number of hydrogen-bond acceptors (Lipinski definition) is 6. The van der Waals surface area contributed by atoms with Crippen LogP contribution in [0.4, 0.5) is 8.78 Å². The number of aromatic nitrogens is 3. The molecule has 0 saturated carbocycles. The van der Waals surface area contributed by atoms with E-state index in [9.17, 15) is 22.3 Å². The molecule has 0 radical (unpaired) electrons. The molecule has 0 amide bonds. The van der Waals surface area contributed by atoms with Gasteiger partial charge in [0, 0.05) is 30.3 Å². The lowest BCUT2D eigenvalue weighted by Crippen LogP contribution is -2.43. The van der Waals surface area contributed by atoms with Gasteiger partial charge in [-0.1, -0.05) is 18.2 Å². The lowest BCUT2D eigenvalue weighted by Gasteiger charge is -2.33. The highest BCUT2D eigenvalue weighted by Gasteiger charge is 2.35. The van der Waals surface area contributed by atoms with E-state index in [0.29, 0.717) is 6.54 Å². The maximum Gasteiger partial charge on any atom is 0.241 e. The smallest absolute Gasteiger partial charge is 0.241 e. The van der Waals surface area contributed by atoms with Crippen molar-refractivity contribution in [2.75, 3.05) is 13.6 Å². The van der Waals surface area contributed by atoms with Crippen molar-refractivity contribution in [2.24, 2.45) is 0 Å². The monoisotopic (exact) mass is 493 g/mol. The van der Waals surface area contributed by atoms with Crippen molar-refractivity contribution < 1.29 is 22.3 Å². The zero-order valence-corrected chi connectivity index (χ0v) is 20.4. The summed E-state index contributed by atoms with van der Waals surface area (Å²) in [6.45, 7) is 5.51. The average Bonchev–Trinajstić information content (AvgIpc) is 3.18. The van der Waals surface area contributed by atoms with E-state index in [-0.39, 0.29) is 23.5 Å². The molecule has 1 atom stereocenters. The van der Waals surface area contributed by atoms with Crippen molar-refractivity contribution in [1.29, 1.82) is 0 Å². The van der Waals surface area contributed by atoms with Crippen LogP contribution in [0.15, 0.2) is 60.0 Å². The molecule has 184 valence electrons. The van der Waals surface area contributed by atoms with Gasteiger partial charge in [-0.05, 0) is 51.6 Å². The van der Waals surface area contributed by atoms with Gasteiger partial charge in [0.25, 0.3) is 0 Å². The van der Waals surface area contributed by atoms with Crippen molar-refractivity contribution in [3.8, 4) is 0 Å². The number of aliphatic hydroxyl groups is 1. The van der Waals surface area contributed by atoms with Crippen LogP contribution in [0.25, 0.3) is 0 Å². The molecule has 0 fully saturated rings. The van der Waals surface area contributed by atoms with E-state index >= 15 is 0 Å². The number of nitrogens with one attached hydrogen (secondary N) is 1. The number of rotatable bonds is 9. The van der Waals surface area contributed by atoms with Gasteiger partial charge < -0.3 is 5.11 Å². The first-order valence-corrected chi connectivity index (χ1v) is 12.1. The Morgan fingerprint density at radius 3 is 2.35 bits per heavy atom. The summed E-state index contributed by atoms with van der Waals surface area (Å²) < 4.78 is 57.0. The van der Waals surface area contributed by atoms with E-state index in [0.717, 1.165) is 17.7 Å². The number of sulfonamides is 1. The first-order chi connectivity index (χ1) is 15.8. The van der Waals surface area contributed by atoms with Crippen LogP contribution in [-0.2, 0) is 28.7 Å². The Bertz CT molecular complexity index is 1210. The molecule has 1 unspecified atom stereocenters. The average molecular weight is 494 g/mol. The van der Waals surface area contributed by atoms with Gasteiger partial charge in [-0.15, -0.1) is 0 Å². The van der Waals surface area contributed by atoms with Gasteiger partial charge in [-0.25, -0.2) is 31.6 Å². The minimum atomic E-state index is -3.66. The van der Waals surface area contributed by atoms with Gasteiger partial charge in [0.15, 0.2) is 0 Å². The SMILES string of the molecule is CN(Cc1ccc(S(=O)(=O)NC(C)(C)C)cc1)CC(O)(Cn1cncn1)c1ccc(F)cc1F. The molecule has 0 aliphatic carbocycles. The predicted molar refractivity (Wildman–Crippen MR) is 123 cm³/mol. The fourth-order valence-electron chi connectivity index (χ4n) is 3.72. The Morgan fingerprint density at radius 1 is 1.12 bits per heavy atom. The van der Waals surface area contributed by atoms with Gasteiger partial charge in [-0.3, -0.25) is 4.90 Å². The summed E-state index contributed by atoms with van der Waals surface area (Å²) >= 11 is 0. The van der Waals surface area contributed by atoms with Crippen LogP contribution in [0.3, 0.4) is 0 Å². The predicted octanol–water partition coefficient (Wildman–Crippen LogP) is 2.65. The van der Waals surface area contributed by atoms with Crippen LogP contribution in [0.1, 0.15) is 31.9 Å². The molecule has 1 aromatic heterocycles. The van der Waals surface area contributed by atoms with E-state index < -0.39 is 32.8 Å². The fourth-order valence-corrected chi connectivity index (χ4v) is 5.14. The highest BCUT2D eigenvalue weighted by Crippen LogP contribution is 2.28. The van der Waals surface area contributed by atoms with Crippen LogP contribution in [-0.4, -0.2) is 52.3 Å². The van der Waals surface area contributed by atoms with Crippen LogP contribution < -0.4 is 4.72 Å². The summed E-state index contributed by atoms with van der Waals surface area (Å²) in [4.78, 5) is 5.76. The Labute approximate surface area is 198 Å². The van der Waals surface area contributed by atoms with Crippen molar-refractivity contribution >= 4 is 10.0 Å². The molecule has 3 aromatic rings. The number of benzene rings is 2. The van der Waals surface area contributed by atoms with E-state index in [4.69, 9.17) is 0 Å². The van der Waals surface area contributed by atoms with E-state index in [2.05, 4.69) is 14.8 Å². The van der Waals surface area contributed by atoms with Crippen LogP contribution in [0.2, 0.25) is 0 Å². The molecule has 1 heterocycles. The van der Waals surface area contributed by atoms with Crippen LogP contribution >= 0.6 is 0 Å². The summed E-state index contributed by atoms with van der Waals surface area (Å²) in [6, 6.07) is 9.43. The molecule has 0 spiro atoms. The normalized spacial score (nSPS) is 14.4. The lowest BCUT2D eigenvalue weighted by atomic mass is 9.92. The largest absolute Gasteiger partial charge is 0.382 e. The Balaban J connectivity index is 1.79. The van der Waals surface area contributed by atoms with Gasteiger partial charge in [0.05, 0.1) is 11.4 Å². The lowest BCUT2D eigenvalue weighted by molar-refractivity contribution is -0.0175. The Morgan fingerprint density at radius 2 is 1.79 bits per heavy atom. The first kappa shape index (κ1) is 25.9. The molecular weight excluding hydrogens is 464 g/mol. The molecule has 0 aliphatic heterocycles. The Kier molecular flexibility index (Phi) is 7.51. The summed E-state index contributed by atoms with van der Waals surface area (Å²) in [5, 5.41) is 15.4. The molecule has 2 aromatic carbocycles. The number of likely N-dealkylation sites (N-methyl/N-ethyl adjacent to an activating group) is 1. The molecule has 0 bridgehead atoms. The number of hydrogen-bond donors (Lipinski definition) is 2. The maximum atomic E-state index is 14.6. The van der Waals surface area contributed by atoms with Gasteiger partial charge in [0.1, 0.15) is 29.9 Å². The molecule has 0 aliphatic rings. The topological polar surface area (TPSA) is 100 Å². The highest BCUT2D eigenvalue weighted by molar-refractivity contribution is 7.89. The summed E-state index contributed by atoms with van der Waals surface area (Å²) in [6.07, 6.45) is 2.70. The zero-order chi connectivity index (χ0) is 25.1. The molecule has 0 saturated heterocycles. The molecule has 2 N–H and O–H groups in total. The maximum absolute atomic E-state index is 14.6. The third-order valence-electron chi connectivity index (χ3n) is 4.98. The van der Waals surface area contributed by atoms with Crippen molar-refractivity contribution in [3.63, 3.8) is 0 Å². The van der Waals surface area contributed by atoms with Crippen molar-refractivity contribution in [3.05, 3.63) is 77.9 Å². The summed E-state index contributed by atoms with van der Waals surface area (Å²) in [5.41, 5.74) is -1.62. The quantitative estimate of drug-likeness (QED) is 0.475. The second kappa shape index (κ2) is 9.87. The van der Waals surface area contributed by atoms with Crippen molar-refractivity contribution in [1.82, 2.24) is 24.4 Å². The summed E-state index contributed by atoms with van der Waals surface area (Å²) in [7, 11) is -1.92. The fraction of sp³-hybridized carbons (Fsp3) is 0.391. The minimum Gasteiger partial charge on any atom is -0.382 e. The minimum absolute atomic E-state index is 0.0129. The second-order valence-corrected chi connectivity index (χ2v) is 11.1. The van der Waals surface area contributed by atoms with E-state index in [1.165, 1.54) is 35.5 Å². The zero-order valence-electron chi connectivity index (χ0n) is 19.5. The van der Waals surface area contributed by atoms with Crippen molar-refractivity contribution in [2.45, 2.75) is 49.9 Å². The third-order valence-corrected chi connectivity index (χ3v) is 6.75. The van der Waals surface area contributed by atoms with Gasteiger partial charge >= 0.3 is 0 Å². The van der Waals surface area contributed by atoms with E-state index in [1.807, 2.05) is 0 Å². The van der Waals surface area contributed by atoms with E-state index in [1.54, 1.807) is 44.9 Å². The molecule has 3 rings (SSSR count). The number of halogens is 2. The second-order valence-electron chi connectivity index (χ2n) is 9.42. The van der Waals surface area contributed by atoms with Crippen LogP contribution in [0.5, 0.6) is 0 Å². The standard InChI is InChI=1S/C23H29F2N5O3S/c1-22(2,3)28-34(32,33)19-8-5-17(6-9-19)12-29(4)13-23(31,14-30-16-26-15-27-30)20-10-7-18(24)11-21(20)25/h5-11,15-16,28,31H,12-14H2,1-4H3. The molecule has 8 nitrogen and oxygen atoms in total.